The van der Waals surface area contributed by atoms with Gasteiger partial charge < -0.3 is 35.1 Å². The predicted molar refractivity (Wildman–Crippen MR) is 158 cm³/mol. The van der Waals surface area contributed by atoms with Gasteiger partial charge in [-0.3, -0.25) is 0 Å². The van der Waals surface area contributed by atoms with E-state index in [4.69, 9.17) is 14.2 Å². The average Bonchev–Trinajstić information content (AvgIpc) is 3.45. The Hall–Kier alpha value is -4.14. The van der Waals surface area contributed by atoms with E-state index in [-0.39, 0.29) is 37.1 Å². The molecule has 0 fully saturated rings. The number of amides is 1. The van der Waals surface area contributed by atoms with Crippen LogP contribution in [-0.4, -0.2) is 84.2 Å². The second kappa shape index (κ2) is 14.8. The van der Waals surface area contributed by atoms with Crippen LogP contribution in [0, 0.1) is 5.92 Å². The number of hydrogen-bond donors (Lipinski definition) is 4. The van der Waals surface area contributed by atoms with E-state index in [0.717, 1.165) is 12.0 Å². The zero-order valence-electron chi connectivity index (χ0n) is 24.0. The molecule has 232 valence electrons. The van der Waals surface area contributed by atoms with Crippen LogP contribution >= 0.6 is 0 Å². The minimum atomic E-state index is -4.05. The van der Waals surface area contributed by atoms with Crippen LogP contribution in [-0.2, 0) is 16.4 Å². The van der Waals surface area contributed by atoms with Crippen molar-refractivity contribution >= 4 is 22.1 Å². The highest BCUT2D eigenvalue weighted by atomic mass is 32.2. The van der Waals surface area contributed by atoms with Crippen LogP contribution in [0.3, 0.4) is 0 Å². The van der Waals surface area contributed by atoms with E-state index in [1.165, 1.54) is 22.5 Å². The van der Waals surface area contributed by atoms with Crippen LogP contribution in [0.15, 0.2) is 65.8 Å². The zero-order valence-corrected chi connectivity index (χ0v) is 24.9. The maximum absolute atomic E-state index is 13.6. The number of carbonyl (C=O) groups is 1. The highest BCUT2D eigenvalue weighted by Gasteiger charge is 2.32. The van der Waals surface area contributed by atoms with Crippen molar-refractivity contribution in [2.24, 2.45) is 5.92 Å². The normalized spacial score (nSPS) is 14.0. The first kappa shape index (κ1) is 31.8. The van der Waals surface area contributed by atoms with Crippen molar-refractivity contribution in [3.05, 3.63) is 66.5 Å². The highest BCUT2D eigenvalue weighted by Crippen LogP contribution is 2.35. The van der Waals surface area contributed by atoms with Gasteiger partial charge in [0.15, 0.2) is 11.5 Å². The summed E-state index contributed by atoms with van der Waals surface area (Å²) in [6.45, 7) is 4.63. The molecule has 1 aliphatic heterocycles. The number of aliphatic hydroxyl groups is 1. The molecule has 0 aliphatic carbocycles. The molecule has 1 amide bonds. The zero-order chi connectivity index (χ0) is 30.8. The van der Waals surface area contributed by atoms with Crippen molar-refractivity contribution in [3.63, 3.8) is 0 Å². The molecule has 2 aromatic carbocycles. The summed E-state index contributed by atoms with van der Waals surface area (Å²) in [5.41, 5.74) is 0.738. The monoisotopic (exact) mass is 615 g/mol. The van der Waals surface area contributed by atoms with Gasteiger partial charge in [-0.1, -0.05) is 26.0 Å². The Labute approximate surface area is 250 Å². The minimum absolute atomic E-state index is 0.00493. The molecular formula is C29H37N5O8S. The van der Waals surface area contributed by atoms with Crippen LogP contribution in [0.4, 0.5) is 10.7 Å². The maximum atomic E-state index is 13.6. The number of carboxylic acid groups (broad SMARTS) is 1. The number of nitrogens with one attached hydrogen (secondary N) is 2. The second-order valence-corrected chi connectivity index (χ2v) is 12.3. The first-order valence-electron chi connectivity index (χ1n) is 13.9. The Bertz CT molecular complexity index is 1440. The summed E-state index contributed by atoms with van der Waals surface area (Å²) in [7, 11) is -4.05. The van der Waals surface area contributed by atoms with E-state index in [9.17, 15) is 23.4 Å². The minimum Gasteiger partial charge on any atom is -0.494 e. The fraction of sp³-hybridized carbons (Fsp3) is 0.414. The van der Waals surface area contributed by atoms with E-state index >= 15 is 0 Å². The number of aromatic nitrogens is 2. The quantitative estimate of drug-likeness (QED) is 0.175. The van der Waals surface area contributed by atoms with Crippen molar-refractivity contribution in [3.8, 4) is 17.2 Å². The lowest BCUT2D eigenvalue weighted by molar-refractivity contribution is 0.0980. The lowest BCUT2D eigenvalue weighted by Crippen LogP contribution is -2.50. The van der Waals surface area contributed by atoms with Crippen molar-refractivity contribution < 1.29 is 37.6 Å². The van der Waals surface area contributed by atoms with Gasteiger partial charge in [-0.15, -0.1) is 0 Å². The van der Waals surface area contributed by atoms with Crippen LogP contribution < -0.4 is 24.8 Å². The lowest BCUT2D eigenvalue weighted by atomic mass is 10.0. The topological polar surface area (TPSA) is 172 Å². The molecule has 0 bridgehead atoms. The van der Waals surface area contributed by atoms with Gasteiger partial charge in [0, 0.05) is 38.1 Å². The Kier molecular flexibility index (Phi) is 11.0. The lowest BCUT2D eigenvalue weighted by Gasteiger charge is -2.30. The Morgan fingerprint density at radius 2 is 1.79 bits per heavy atom. The fourth-order valence-electron chi connectivity index (χ4n) is 4.47. The van der Waals surface area contributed by atoms with E-state index < -0.39 is 28.3 Å². The molecule has 1 aliphatic rings. The molecule has 0 unspecified atom stereocenters. The van der Waals surface area contributed by atoms with Crippen LogP contribution in [0.1, 0.15) is 25.8 Å². The predicted octanol–water partition coefficient (Wildman–Crippen LogP) is 2.97. The molecule has 0 saturated heterocycles. The number of rotatable bonds is 16. The van der Waals surface area contributed by atoms with Gasteiger partial charge in [0.1, 0.15) is 5.75 Å². The SMILES string of the molecule is CC(C)CN(C[C@H](O)[C@H](Cc1ccc(OCCCNc2ncccn2)cc1)NC(=O)O)S(=O)(=O)c1ccc2c(c1)OCO2. The van der Waals surface area contributed by atoms with Gasteiger partial charge >= 0.3 is 6.09 Å². The first-order chi connectivity index (χ1) is 20.6. The second-order valence-electron chi connectivity index (χ2n) is 10.4. The summed E-state index contributed by atoms with van der Waals surface area (Å²) >= 11 is 0. The van der Waals surface area contributed by atoms with Crippen LogP contribution in [0.2, 0.25) is 0 Å². The molecule has 4 N–H and O–H groups in total. The number of fused-ring (bicyclic) bond motifs is 1. The van der Waals surface area contributed by atoms with Gasteiger partial charge in [-0.25, -0.2) is 23.2 Å². The molecule has 0 saturated carbocycles. The van der Waals surface area contributed by atoms with Crippen molar-refractivity contribution in [2.45, 2.75) is 43.7 Å². The van der Waals surface area contributed by atoms with E-state index in [1.54, 1.807) is 42.7 Å². The third-order valence-electron chi connectivity index (χ3n) is 6.53. The van der Waals surface area contributed by atoms with E-state index in [0.29, 0.717) is 36.3 Å². The highest BCUT2D eigenvalue weighted by molar-refractivity contribution is 7.89. The molecule has 14 heteroatoms. The van der Waals surface area contributed by atoms with E-state index in [2.05, 4.69) is 20.6 Å². The third-order valence-corrected chi connectivity index (χ3v) is 8.36. The summed E-state index contributed by atoms with van der Waals surface area (Å²) in [6, 6.07) is 12.2. The van der Waals surface area contributed by atoms with Crippen LogP contribution in [0.25, 0.3) is 0 Å². The molecule has 1 aromatic heterocycles. The molecule has 4 rings (SSSR count). The van der Waals surface area contributed by atoms with Gasteiger partial charge in [0.2, 0.25) is 22.8 Å². The Balaban J connectivity index is 1.37. The average molecular weight is 616 g/mol. The smallest absolute Gasteiger partial charge is 0.404 e. The van der Waals surface area contributed by atoms with Crippen LogP contribution in [0.5, 0.6) is 17.2 Å². The molecule has 13 nitrogen and oxygen atoms in total. The van der Waals surface area contributed by atoms with Crippen molar-refractivity contribution in [2.75, 3.05) is 38.4 Å². The molecule has 2 atom stereocenters. The summed E-state index contributed by atoms with van der Waals surface area (Å²) in [6.07, 6.45) is 1.51. The number of anilines is 1. The molecular weight excluding hydrogens is 578 g/mol. The molecule has 0 spiro atoms. The fourth-order valence-corrected chi connectivity index (χ4v) is 6.11. The Morgan fingerprint density at radius 3 is 2.49 bits per heavy atom. The van der Waals surface area contributed by atoms with Gasteiger partial charge in [-0.2, -0.15) is 4.31 Å². The third kappa shape index (κ3) is 9.17. The van der Waals surface area contributed by atoms with Crippen molar-refractivity contribution in [1.29, 1.82) is 0 Å². The largest absolute Gasteiger partial charge is 0.494 e. The maximum Gasteiger partial charge on any atom is 0.404 e. The summed E-state index contributed by atoms with van der Waals surface area (Å²) in [5.74, 6) is 1.91. The number of hydrogen-bond acceptors (Lipinski definition) is 10. The summed E-state index contributed by atoms with van der Waals surface area (Å²) in [5, 5.41) is 26.1. The number of nitrogens with zero attached hydrogens (tertiary/aromatic N) is 3. The number of benzene rings is 2. The van der Waals surface area contributed by atoms with Crippen molar-refractivity contribution in [1.82, 2.24) is 19.6 Å². The summed E-state index contributed by atoms with van der Waals surface area (Å²) < 4.78 is 44.8. The molecule has 43 heavy (non-hydrogen) atoms. The van der Waals surface area contributed by atoms with Gasteiger partial charge in [0.05, 0.1) is 23.6 Å². The van der Waals surface area contributed by atoms with Gasteiger partial charge in [0.25, 0.3) is 0 Å². The first-order valence-corrected chi connectivity index (χ1v) is 15.4. The standard InChI is InChI=1S/C29H37N5O8S/c1-20(2)17-34(43(38,39)23-9-10-26-27(16-23)42-19-41-26)18-25(35)24(33-29(36)37)15-21-5-7-22(8-6-21)40-14-4-13-32-28-30-11-3-12-31-28/h3,5-12,16,20,24-25,33,35H,4,13-15,17-19H2,1-2H3,(H,36,37)(H,30,31,32)/t24-,25-/m0/s1. The molecule has 0 radical (unpaired) electrons. The number of aliphatic hydroxyl groups excluding tert-OH is 1. The molecule has 2 heterocycles. The number of ether oxygens (including phenoxy) is 3. The van der Waals surface area contributed by atoms with E-state index in [1.807, 2.05) is 13.8 Å². The van der Waals surface area contributed by atoms with Gasteiger partial charge in [-0.05, 0) is 54.7 Å². The number of sulfonamides is 1. The molecule has 3 aromatic rings. The Morgan fingerprint density at radius 1 is 1.07 bits per heavy atom. The summed E-state index contributed by atoms with van der Waals surface area (Å²) in [4.78, 5) is 19.8.